The van der Waals surface area contributed by atoms with Crippen molar-refractivity contribution in [2.24, 2.45) is 0 Å². The maximum absolute atomic E-state index is 12.2. The Morgan fingerprint density at radius 1 is 1.48 bits per heavy atom. The number of hydrogen-bond acceptors (Lipinski definition) is 4. The summed E-state index contributed by atoms with van der Waals surface area (Å²) in [5.74, 6) is 5.23. The van der Waals surface area contributed by atoms with Gasteiger partial charge in [-0.1, -0.05) is 17.9 Å². The van der Waals surface area contributed by atoms with Crippen LogP contribution in [-0.4, -0.2) is 38.6 Å². The fraction of sp³-hybridized carbons (Fsp3) is 0.467. The maximum Gasteiger partial charge on any atom is 0.235 e. The lowest BCUT2D eigenvalue weighted by molar-refractivity contribution is 0.127. The Morgan fingerprint density at radius 3 is 2.95 bits per heavy atom. The molecule has 0 radical (unpaired) electrons. The number of sulfonamides is 1. The third kappa shape index (κ3) is 4.74. The normalized spacial score (nSPS) is 18.1. The molecule has 1 aliphatic rings. The highest BCUT2D eigenvalue weighted by molar-refractivity contribution is 7.92. The lowest BCUT2D eigenvalue weighted by Crippen LogP contribution is -2.26. The smallest absolute Gasteiger partial charge is 0.235 e. The second-order valence-corrected chi connectivity index (χ2v) is 6.79. The summed E-state index contributed by atoms with van der Waals surface area (Å²) in [5, 5.41) is 8.77. The van der Waals surface area contributed by atoms with Gasteiger partial charge in [0.25, 0.3) is 0 Å². The van der Waals surface area contributed by atoms with Gasteiger partial charge in [0.05, 0.1) is 17.5 Å². The van der Waals surface area contributed by atoms with E-state index in [-0.39, 0.29) is 18.5 Å². The van der Waals surface area contributed by atoms with Crippen LogP contribution in [-0.2, 0) is 14.8 Å². The third-order valence-corrected chi connectivity index (χ3v) is 4.51. The average molecular weight is 309 g/mol. The van der Waals surface area contributed by atoms with Gasteiger partial charge < -0.3 is 9.84 Å². The van der Waals surface area contributed by atoms with E-state index in [1.54, 1.807) is 12.1 Å². The molecule has 1 unspecified atom stereocenters. The van der Waals surface area contributed by atoms with E-state index in [2.05, 4.69) is 16.6 Å². The molecule has 0 saturated carbocycles. The second-order valence-electron chi connectivity index (χ2n) is 5.03. The van der Waals surface area contributed by atoms with E-state index in [9.17, 15) is 8.42 Å². The molecule has 1 saturated heterocycles. The summed E-state index contributed by atoms with van der Waals surface area (Å²) in [4.78, 5) is 0. The number of rotatable bonds is 4. The Morgan fingerprint density at radius 2 is 2.29 bits per heavy atom. The van der Waals surface area contributed by atoms with Gasteiger partial charge in [-0.3, -0.25) is 4.72 Å². The molecular weight excluding hydrogens is 290 g/mol. The van der Waals surface area contributed by atoms with Gasteiger partial charge >= 0.3 is 0 Å². The van der Waals surface area contributed by atoms with E-state index in [1.807, 2.05) is 13.0 Å². The minimum atomic E-state index is -3.49. The summed E-state index contributed by atoms with van der Waals surface area (Å²) in [7, 11) is -3.49. The van der Waals surface area contributed by atoms with E-state index in [0.717, 1.165) is 18.4 Å². The Balaban J connectivity index is 2.18. The summed E-state index contributed by atoms with van der Waals surface area (Å²) in [6.45, 7) is 2.23. The molecule has 1 fully saturated rings. The van der Waals surface area contributed by atoms with Crippen molar-refractivity contribution < 1.29 is 18.3 Å². The highest BCUT2D eigenvalue weighted by Crippen LogP contribution is 2.20. The van der Waals surface area contributed by atoms with Crippen molar-refractivity contribution in [2.45, 2.75) is 25.9 Å². The first kappa shape index (κ1) is 15.8. The number of aliphatic hydroxyl groups is 1. The van der Waals surface area contributed by atoms with E-state index in [4.69, 9.17) is 9.84 Å². The van der Waals surface area contributed by atoms with E-state index >= 15 is 0 Å². The quantitative estimate of drug-likeness (QED) is 0.821. The van der Waals surface area contributed by atoms with E-state index < -0.39 is 10.0 Å². The first-order chi connectivity index (χ1) is 10.00. The Labute approximate surface area is 125 Å². The minimum Gasteiger partial charge on any atom is -0.384 e. The van der Waals surface area contributed by atoms with Crippen molar-refractivity contribution in [1.82, 2.24) is 0 Å². The van der Waals surface area contributed by atoms with Crippen molar-refractivity contribution in [2.75, 3.05) is 23.7 Å². The number of anilines is 1. The predicted octanol–water partition coefficient (Wildman–Crippen LogP) is 1.26. The summed E-state index contributed by atoms with van der Waals surface area (Å²) in [5.41, 5.74) is 1.92. The largest absolute Gasteiger partial charge is 0.384 e. The molecule has 0 spiro atoms. The highest BCUT2D eigenvalue weighted by atomic mass is 32.2. The highest BCUT2D eigenvalue weighted by Gasteiger charge is 2.23. The number of nitrogens with one attached hydrogen (secondary N) is 1. The first-order valence-corrected chi connectivity index (χ1v) is 8.48. The van der Waals surface area contributed by atoms with E-state index in [1.165, 1.54) is 0 Å². The summed E-state index contributed by atoms with van der Waals surface area (Å²) >= 11 is 0. The SMILES string of the molecule is Cc1ccc(C#CCO)c(NS(=O)(=O)CC2CCCO2)c1. The number of hydrogen-bond donors (Lipinski definition) is 2. The molecule has 21 heavy (non-hydrogen) atoms. The molecule has 1 atom stereocenters. The number of ether oxygens (including phenoxy) is 1. The van der Waals surface area contributed by atoms with Crippen molar-refractivity contribution in [3.63, 3.8) is 0 Å². The van der Waals surface area contributed by atoms with Gasteiger partial charge in [-0.15, -0.1) is 0 Å². The van der Waals surface area contributed by atoms with Crippen molar-refractivity contribution in [3.05, 3.63) is 29.3 Å². The van der Waals surface area contributed by atoms with Crippen molar-refractivity contribution in [1.29, 1.82) is 0 Å². The number of benzene rings is 1. The molecule has 5 nitrogen and oxygen atoms in total. The fourth-order valence-corrected chi connectivity index (χ4v) is 3.56. The van der Waals surface area contributed by atoms with Crippen LogP contribution in [0, 0.1) is 18.8 Å². The molecule has 114 valence electrons. The molecule has 2 N–H and O–H groups in total. The van der Waals surface area contributed by atoms with Crippen LogP contribution in [0.15, 0.2) is 18.2 Å². The number of aryl methyl sites for hydroxylation is 1. The van der Waals surface area contributed by atoms with Crippen molar-refractivity contribution >= 4 is 15.7 Å². The number of aliphatic hydroxyl groups excluding tert-OH is 1. The Kier molecular flexibility index (Phi) is 5.23. The summed E-state index contributed by atoms with van der Waals surface area (Å²) in [6, 6.07) is 5.32. The molecule has 1 heterocycles. The van der Waals surface area contributed by atoms with Gasteiger partial charge in [0.15, 0.2) is 0 Å². The van der Waals surface area contributed by atoms with Gasteiger partial charge in [-0.05, 0) is 37.5 Å². The summed E-state index contributed by atoms with van der Waals surface area (Å²) in [6.07, 6.45) is 1.43. The molecule has 1 aromatic carbocycles. The van der Waals surface area contributed by atoms with Gasteiger partial charge in [0.1, 0.15) is 6.61 Å². The van der Waals surface area contributed by atoms with Crippen LogP contribution < -0.4 is 4.72 Å². The Bertz CT molecular complexity index is 652. The van der Waals surface area contributed by atoms with Crippen LogP contribution in [0.2, 0.25) is 0 Å². The molecule has 6 heteroatoms. The molecular formula is C15H19NO4S. The molecule has 0 amide bonds. The third-order valence-electron chi connectivity index (χ3n) is 3.17. The molecule has 1 aliphatic heterocycles. The predicted molar refractivity (Wildman–Crippen MR) is 81.5 cm³/mol. The second kappa shape index (κ2) is 6.94. The zero-order valence-electron chi connectivity index (χ0n) is 11.9. The maximum atomic E-state index is 12.2. The molecule has 0 aromatic heterocycles. The molecule has 0 aliphatic carbocycles. The zero-order chi connectivity index (χ0) is 15.3. The lowest BCUT2D eigenvalue weighted by atomic mass is 10.1. The minimum absolute atomic E-state index is 0.0478. The molecule has 2 rings (SSSR count). The van der Waals surface area contributed by atoms with Crippen LogP contribution in [0.4, 0.5) is 5.69 Å². The Hall–Kier alpha value is -1.55. The average Bonchev–Trinajstić information content (AvgIpc) is 2.89. The topological polar surface area (TPSA) is 75.6 Å². The van der Waals surface area contributed by atoms with Gasteiger partial charge in [-0.2, -0.15) is 0 Å². The lowest BCUT2D eigenvalue weighted by Gasteiger charge is -2.13. The van der Waals surface area contributed by atoms with Crippen molar-refractivity contribution in [3.8, 4) is 11.8 Å². The zero-order valence-corrected chi connectivity index (χ0v) is 12.7. The van der Waals surface area contributed by atoms with Crippen LogP contribution >= 0.6 is 0 Å². The molecule has 0 bridgehead atoms. The first-order valence-electron chi connectivity index (χ1n) is 6.82. The van der Waals surface area contributed by atoms with Crippen LogP contribution in [0.25, 0.3) is 0 Å². The van der Waals surface area contributed by atoms with Gasteiger partial charge in [0.2, 0.25) is 10.0 Å². The van der Waals surface area contributed by atoms with Crippen LogP contribution in [0.5, 0.6) is 0 Å². The van der Waals surface area contributed by atoms with Crippen LogP contribution in [0.1, 0.15) is 24.0 Å². The van der Waals surface area contributed by atoms with Gasteiger partial charge in [0, 0.05) is 12.2 Å². The summed E-state index contributed by atoms with van der Waals surface area (Å²) < 4.78 is 32.3. The standard InChI is InChI=1S/C15H19NO4S/c1-12-6-7-13(4-2-8-17)15(10-12)16-21(18,19)11-14-5-3-9-20-14/h6-7,10,14,16-17H,3,5,8-9,11H2,1H3. The van der Waals surface area contributed by atoms with Gasteiger partial charge in [-0.25, -0.2) is 8.42 Å². The van der Waals surface area contributed by atoms with Crippen LogP contribution in [0.3, 0.4) is 0 Å². The van der Waals surface area contributed by atoms with E-state index in [0.29, 0.717) is 17.9 Å². The fourth-order valence-electron chi connectivity index (χ4n) is 2.22. The monoisotopic (exact) mass is 309 g/mol. The molecule has 1 aromatic rings.